The monoisotopic (exact) mass is 401 g/mol. The van der Waals surface area contributed by atoms with Crippen molar-refractivity contribution in [2.75, 3.05) is 13.1 Å². The van der Waals surface area contributed by atoms with Gasteiger partial charge in [-0.3, -0.25) is 4.79 Å². The third-order valence-corrected chi connectivity index (χ3v) is 7.10. The van der Waals surface area contributed by atoms with Gasteiger partial charge in [-0.05, 0) is 49.2 Å². The van der Waals surface area contributed by atoms with Gasteiger partial charge < -0.3 is 14.3 Å². The van der Waals surface area contributed by atoms with Crippen molar-refractivity contribution in [3.8, 4) is 0 Å². The third kappa shape index (κ3) is 3.45. The largest absolute Gasteiger partial charge is 0.467 e. The number of benzene rings is 1. The summed E-state index contributed by atoms with van der Waals surface area (Å²) in [6, 6.07) is 10.3. The summed E-state index contributed by atoms with van der Waals surface area (Å²) in [6.45, 7) is 1.42. The number of aromatic nitrogens is 1. The molecule has 1 amide bonds. The molecule has 3 heterocycles. The Morgan fingerprint density at radius 2 is 1.93 bits per heavy atom. The average Bonchev–Trinajstić information content (AvgIpc) is 3.34. The maximum atomic E-state index is 12.9. The summed E-state index contributed by atoms with van der Waals surface area (Å²) < 4.78 is 34.4. The van der Waals surface area contributed by atoms with Crippen molar-refractivity contribution in [1.82, 2.24) is 14.2 Å². The average molecular weight is 401 g/mol. The van der Waals surface area contributed by atoms with Crippen LogP contribution in [0.4, 0.5) is 0 Å². The summed E-state index contributed by atoms with van der Waals surface area (Å²) >= 11 is 0. The van der Waals surface area contributed by atoms with Gasteiger partial charge in [0.15, 0.2) is 0 Å². The Kier molecular flexibility index (Phi) is 4.99. The Balaban J connectivity index is 1.61. The van der Waals surface area contributed by atoms with Crippen molar-refractivity contribution in [2.24, 2.45) is 7.05 Å². The number of furan rings is 1. The molecule has 1 aromatic carbocycles. The van der Waals surface area contributed by atoms with E-state index in [-0.39, 0.29) is 10.8 Å². The molecule has 2 aromatic heterocycles. The number of hydrogen-bond donors (Lipinski definition) is 1. The van der Waals surface area contributed by atoms with Gasteiger partial charge in [0.25, 0.3) is 5.91 Å². The molecule has 1 N–H and O–H groups in total. The number of fused-ring (bicyclic) bond motifs is 1. The van der Waals surface area contributed by atoms with Crippen molar-refractivity contribution >= 4 is 26.8 Å². The van der Waals surface area contributed by atoms with Crippen LogP contribution in [0.1, 0.15) is 35.5 Å². The highest BCUT2D eigenvalue weighted by Crippen LogP contribution is 2.26. The van der Waals surface area contributed by atoms with E-state index in [9.17, 15) is 13.2 Å². The highest BCUT2D eigenvalue weighted by Gasteiger charge is 2.26. The smallest absolute Gasteiger partial charge is 0.268 e. The Labute approximate surface area is 164 Å². The molecule has 7 nitrogen and oxygen atoms in total. The molecule has 1 aliphatic heterocycles. The molecule has 28 heavy (non-hydrogen) atoms. The fourth-order valence-electron chi connectivity index (χ4n) is 3.63. The molecule has 1 saturated heterocycles. The first-order valence-electron chi connectivity index (χ1n) is 9.37. The maximum absolute atomic E-state index is 12.9. The molecule has 1 fully saturated rings. The molecule has 0 spiro atoms. The predicted octanol–water partition coefficient (Wildman–Crippen LogP) is 2.88. The molecule has 0 aliphatic carbocycles. The van der Waals surface area contributed by atoms with Crippen LogP contribution < -0.4 is 5.32 Å². The summed E-state index contributed by atoms with van der Waals surface area (Å²) in [5, 5.41) is 3.55. The second-order valence-electron chi connectivity index (χ2n) is 7.04. The topological polar surface area (TPSA) is 84.5 Å². The number of sulfonamides is 1. The zero-order chi connectivity index (χ0) is 19.7. The summed E-state index contributed by atoms with van der Waals surface area (Å²) in [4.78, 5) is 12.8. The number of nitrogens with one attached hydrogen (secondary N) is 1. The molecule has 4 rings (SSSR count). The SMILES string of the molecule is Cn1c(C(=O)NCc2ccco2)cc2cc(S(=O)(=O)N3CCCCC3)ccc21. The number of amides is 1. The Morgan fingerprint density at radius 1 is 1.14 bits per heavy atom. The minimum atomic E-state index is -3.51. The lowest BCUT2D eigenvalue weighted by Crippen LogP contribution is -2.35. The lowest BCUT2D eigenvalue weighted by molar-refractivity contribution is 0.0940. The predicted molar refractivity (Wildman–Crippen MR) is 105 cm³/mol. The number of carbonyl (C=O) groups excluding carboxylic acids is 1. The van der Waals surface area contributed by atoms with Crippen molar-refractivity contribution in [3.63, 3.8) is 0 Å². The second kappa shape index (κ2) is 7.44. The molecular formula is C20H23N3O4S. The first kappa shape index (κ1) is 18.8. The van der Waals surface area contributed by atoms with Gasteiger partial charge in [-0.25, -0.2) is 8.42 Å². The number of nitrogens with zero attached hydrogens (tertiary/aromatic N) is 2. The van der Waals surface area contributed by atoms with Gasteiger partial charge in [-0.2, -0.15) is 4.31 Å². The number of hydrogen-bond acceptors (Lipinski definition) is 4. The molecular weight excluding hydrogens is 378 g/mol. The second-order valence-corrected chi connectivity index (χ2v) is 8.97. The normalized spacial score (nSPS) is 15.8. The maximum Gasteiger partial charge on any atom is 0.268 e. The zero-order valence-electron chi connectivity index (χ0n) is 15.7. The van der Waals surface area contributed by atoms with Crippen molar-refractivity contribution < 1.29 is 17.6 Å². The van der Waals surface area contributed by atoms with E-state index in [0.29, 0.717) is 31.1 Å². The standard InChI is InChI=1S/C20H23N3O4S/c1-22-18-8-7-17(28(25,26)23-9-3-2-4-10-23)12-15(18)13-19(22)20(24)21-14-16-6-5-11-27-16/h5-8,11-13H,2-4,9-10,14H2,1H3,(H,21,24). The van der Waals surface area contributed by atoms with E-state index in [2.05, 4.69) is 5.32 Å². The van der Waals surface area contributed by atoms with E-state index >= 15 is 0 Å². The number of piperidine rings is 1. The Morgan fingerprint density at radius 3 is 2.64 bits per heavy atom. The highest BCUT2D eigenvalue weighted by atomic mass is 32.2. The van der Waals surface area contributed by atoms with Crippen LogP contribution in [0.15, 0.2) is 52.0 Å². The van der Waals surface area contributed by atoms with Crippen LogP contribution in [0.5, 0.6) is 0 Å². The van der Waals surface area contributed by atoms with Gasteiger partial charge in [-0.15, -0.1) is 0 Å². The van der Waals surface area contributed by atoms with Crippen LogP contribution in [0.25, 0.3) is 10.9 Å². The lowest BCUT2D eigenvalue weighted by Gasteiger charge is -2.25. The van der Waals surface area contributed by atoms with Gasteiger partial charge in [-0.1, -0.05) is 6.42 Å². The summed E-state index contributed by atoms with van der Waals surface area (Å²) in [6.07, 6.45) is 4.42. The van der Waals surface area contributed by atoms with Gasteiger partial charge >= 0.3 is 0 Å². The molecule has 0 atom stereocenters. The minimum absolute atomic E-state index is 0.240. The number of rotatable bonds is 5. The van der Waals surface area contributed by atoms with E-state index in [4.69, 9.17) is 4.42 Å². The van der Waals surface area contributed by atoms with Crippen LogP contribution in [0, 0.1) is 0 Å². The minimum Gasteiger partial charge on any atom is -0.467 e. The fraction of sp³-hybridized carbons (Fsp3) is 0.350. The van der Waals surface area contributed by atoms with Gasteiger partial charge in [0.05, 0.1) is 17.7 Å². The van der Waals surface area contributed by atoms with Crippen LogP contribution in [-0.4, -0.2) is 36.3 Å². The zero-order valence-corrected chi connectivity index (χ0v) is 16.5. The molecule has 0 radical (unpaired) electrons. The van der Waals surface area contributed by atoms with E-state index < -0.39 is 10.0 Å². The van der Waals surface area contributed by atoms with Crippen LogP contribution >= 0.6 is 0 Å². The number of aryl methyl sites for hydroxylation is 1. The van der Waals surface area contributed by atoms with Crippen molar-refractivity contribution in [3.05, 3.63) is 54.1 Å². The first-order valence-corrected chi connectivity index (χ1v) is 10.8. The van der Waals surface area contributed by atoms with Crippen LogP contribution in [0.3, 0.4) is 0 Å². The highest BCUT2D eigenvalue weighted by molar-refractivity contribution is 7.89. The van der Waals surface area contributed by atoms with E-state index in [1.54, 1.807) is 58.6 Å². The molecule has 8 heteroatoms. The summed E-state index contributed by atoms with van der Waals surface area (Å²) in [5.41, 5.74) is 1.27. The van der Waals surface area contributed by atoms with Gasteiger partial charge in [0.2, 0.25) is 10.0 Å². The van der Waals surface area contributed by atoms with E-state index in [1.165, 1.54) is 0 Å². The Bertz CT molecular complexity index is 1090. The molecule has 0 unspecified atom stereocenters. The van der Waals surface area contributed by atoms with Crippen molar-refractivity contribution in [2.45, 2.75) is 30.7 Å². The first-order chi connectivity index (χ1) is 13.5. The van der Waals surface area contributed by atoms with Gasteiger partial charge in [0.1, 0.15) is 11.5 Å². The van der Waals surface area contributed by atoms with Gasteiger partial charge in [0, 0.05) is 31.0 Å². The summed E-state index contributed by atoms with van der Waals surface area (Å²) in [7, 11) is -1.71. The molecule has 3 aromatic rings. The number of carbonyl (C=O) groups is 1. The molecule has 148 valence electrons. The van der Waals surface area contributed by atoms with E-state index in [0.717, 1.165) is 30.2 Å². The van der Waals surface area contributed by atoms with E-state index in [1.807, 2.05) is 0 Å². The fourth-order valence-corrected chi connectivity index (χ4v) is 5.18. The lowest BCUT2D eigenvalue weighted by atomic mass is 10.2. The van der Waals surface area contributed by atoms with Crippen molar-refractivity contribution in [1.29, 1.82) is 0 Å². The molecule has 0 saturated carbocycles. The van der Waals surface area contributed by atoms with Crippen LogP contribution in [-0.2, 0) is 23.6 Å². The molecule has 1 aliphatic rings. The van der Waals surface area contributed by atoms with Crippen LogP contribution in [0.2, 0.25) is 0 Å². The summed E-state index contributed by atoms with van der Waals surface area (Å²) in [5.74, 6) is 0.428. The molecule has 0 bridgehead atoms. The quantitative estimate of drug-likeness (QED) is 0.712. The third-order valence-electron chi connectivity index (χ3n) is 5.20. The Hall–Kier alpha value is -2.58.